The number of hydrogen-bond donors (Lipinski definition) is 0. The first kappa shape index (κ1) is 27.0. The molecule has 2 aromatic carbocycles. The monoisotopic (exact) mass is 448 g/mol. The SMILES string of the molecule is CC/C(C)=[N+](\C/[N+](=C(/C)CC)c1c(C)c(C)c(C)c(C)c1C)c1c(C)c(C)c(C)c(C)c1C. The molecule has 0 aliphatic rings. The van der Waals surface area contributed by atoms with Crippen LogP contribution < -0.4 is 0 Å². The van der Waals surface area contributed by atoms with Crippen LogP contribution >= 0.6 is 0 Å². The van der Waals surface area contributed by atoms with Gasteiger partial charge < -0.3 is 0 Å². The summed E-state index contributed by atoms with van der Waals surface area (Å²) in [6.45, 7) is 32.9. The van der Waals surface area contributed by atoms with Gasteiger partial charge in [-0.1, -0.05) is 13.8 Å². The van der Waals surface area contributed by atoms with Gasteiger partial charge in [0.2, 0.25) is 11.4 Å². The van der Waals surface area contributed by atoms with Crippen LogP contribution in [0, 0.1) is 69.2 Å². The van der Waals surface area contributed by atoms with Crippen LogP contribution in [0.3, 0.4) is 0 Å². The lowest BCUT2D eigenvalue weighted by molar-refractivity contribution is -0.655. The van der Waals surface area contributed by atoms with Crippen LogP contribution in [-0.4, -0.2) is 27.2 Å². The van der Waals surface area contributed by atoms with Crippen LogP contribution in [0.4, 0.5) is 11.4 Å². The van der Waals surface area contributed by atoms with Crippen LogP contribution in [0.25, 0.3) is 0 Å². The normalized spacial score (nSPS) is 13.3. The lowest BCUT2D eigenvalue weighted by atomic mass is 9.92. The van der Waals surface area contributed by atoms with Gasteiger partial charge in [0.25, 0.3) is 0 Å². The van der Waals surface area contributed by atoms with Gasteiger partial charge in [0, 0.05) is 48.9 Å². The lowest BCUT2D eigenvalue weighted by Crippen LogP contribution is -2.29. The molecule has 2 aromatic rings. The molecule has 33 heavy (non-hydrogen) atoms. The van der Waals surface area contributed by atoms with Crippen molar-refractivity contribution >= 4 is 22.8 Å². The Morgan fingerprint density at radius 1 is 0.424 bits per heavy atom. The van der Waals surface area contributed by atoms with Gasteiger partial charge in [-0.2, -0.15) is 0 Å². The zero-order valence-corrected chi connectivity index (χ0v) is 24.0. The van der Waals surface area contributed by atoms with Crippen molar-refractivity contribution in [1.82, 2.24) is 0 Å². The molecule has 0 radical (unpaired) electrons. The van der Waals surface area contributed by atoms with E-state index in [2.05, 4.69) is 106 Å². The number of rotatable bonds is 6. The minimum absolute atomic E-state index is 0.840. The zero-order chi connectivity index (χ0) is 25.4. The quantitative estimate of drug-likeness (QED) is 0.237. The summed E-state index contributed by atoms with van der Waals surface area (Å²) in [6.07, 6.45) is 2.07. The van der Waals surface area contributed by atoms with E-state index in [-0.39, 0.29) is 0 Å². The fourth-order valence-corrected chi connectivity index (χ4v) is 5.06. The molecule has 2 rings (SSSR count). The standard InChI is InChI=1S/C31H48N2/c1-15-18(3)32(30-26(11)22(7)20(5)23(8)27(30)12)17-33(19(4)16-2)31-28(13)24(9)21(6)25(10)29(31)14/h15-17H2,1-14H3/q+2/b32-18+,33-19+. The van der Waals surface area contributed by atoms with Crippen LogP contribution in [0.5, 0.6) is 0 Å². The smallest absolute Gasteiger partial charge is 0.141 e. The highest BCUT2D eigenvalue weighted by Gasteiger charge is 2.31. The van der Waals surface area contributed by atoms with Crippen molar-refractivity contribution in [1.29, 1.82) is 0 Å². The van der Waals surface area contributed by atoms with Crippen molar-refractivity contribution in [3.8, 4) is 0 Å². The van der Waals surface area contributed by atoms with Crippen LogP contribution in [0.1, 0.15) is 96.2 Å². The number of hydrogen-bond acceptors (Lipinski definition) is 0. The first-order valence-corrected chi connectivity index (χ1v) is 12.6. The molecule has 2 nitrogen and oxygen atoms in total. The van der Waals surface area contributed by atoms with Crippen molar-refractivity contribution in [2.75, 3.05) is 6.67 Å². The molecule has 0 heterocycles. The molecule has 0 aromatic heterocycles. The molecule has 0 spiro atoms. The van der Waals surface area contributed by atoms with Crippen molar-refractivity contribution in [2.24, 2.45) is 0 Å². The Balaban J connectivity index is 2.93. The van der Waals surface area contributed by atoms with Crippen molar-refractivity contribution < 1.29 is 9.15 Å². The summed E-state index contributed by atoms with van der Waals surface area (Å²) >= 11 is 0. The van der Waals surface area contributed by atoms with E-state index < -0.39 is 0 Å². The molecule has 2 heteroatoms. The van der Waals surface area contributed by atoms with Gasteiger partial charge in [0.1, 0.15) is 0 Å². The summed E-state index contributed by atoms with van der Waals surface area (Å²) in [5.74, 6) is 0. The Morgan fingerprint density at radius 2 is 0.636 bits per heavy atom. The molecule has 0 unspecified atom stereocenters. The molecule has 180 valence electrons. The minimum Gasteiger partial charge on any atom is -0.141 e. The Morgan fingerprint density at radius 3 is 0.848 bits per heavy atom. The number of benzene rings is 2. The molecular weight excluding hydrogens is 400 g/mol. The third-order valence-corrected chi connectivity index (χ3v) is 8.69. The molecule has 0 bridgehead atoms. The van der Waals surface area contributed by atoms with Crippen LogP contribution in [-0.2, 0) is 0 Å². The van der Waals surface area contributed by atoms with Gasteiger partial charge in [-0.15, -0.1) is 9.15 Å². The second-order valence-electron chi connectivity index (χ2n) is 10.1. The molecule has 0 saturated carbocycles. The largest absolute Gasteiger partial charge is 0.344 e. The highest BCUT2D eigenvalue weighted by molar-refractivity contribution is 5.80. The average molecular weight is 449 g/mol. The lowest BCUT2D eigenvalue weighted by Gasteiger charge is -2.20. The first-order chi connectivity index (χ1) is 15.3. The fraction of sp³-hybridized carbons (Fsp3) is 0.548. The fourth-order valence-electron chi connectivity index (χ4n) is 5.06. The maximum absolute atomic E-state index is 2.59. The van der Waals surface area contributed by atoms with Crippen LogP contribution in [0.15, 0.2) is 0 Å². The first-order valence-electron chi connectivity index (χ1n) is 12.6. The third kappa shape index (κ3) is 4.72. The van der Waals surface area contributed by atoms with E-state index >= 15 is 0 Å². The van der Waals surface area contributed by atoms with Gasteiger partial charge in [0.15, 0.2) is 11.4 Å². The van der Waals surface area contributed by atoms with E-state index in [1.54, 1.807) is 0 Å². The molecule has 0 amide bonds. The summed E-state index contributed by atoms with van der Waals surface area (Å²) in [5, 5.41) is 0. The van der Waals surface area contributed by atoms with Crippen molar-refractivity contribution in [3.05, 3.63) is 55.6 Å². The zero-order valence-electron chi connectivity index (χ0n) is 24.0. The van der Waals surface area contributed by atoms with Crippen molar-refractivity contribution in [3.63, 3.8) is 0 Å². The third-order valence-electron chi connectivity index (χ3n) is 8.69. The summed E-state index contributed by atoms with van der Waals surface area (Å²) in [6, 6.07) is 0. The van der Waals surface area contributed by atoms with Gasteiger partial charge >= 0.3 is 6.67 Å². The summed E-state index contributed by atoms with van der Waals surface area (Å²) in [5.41, 5.74) is 19.7. The second-order valence-corrected chi connectivity index (χ2v) is 10.1. The average Bonchev–Trinajstić information content (AvgIpc) is 2.81. The maximum Gasteiger partial charge on any atom is 0.344 e. The molecule has 0 atom stereocenters. The van der Waals surface area contributed by atoms with E-state index in [9.17, 15) is 0 Å². The van der Waals surface area contributed by atoms with Gasteiger partial charge in [0.05, 0.1) is 0 Å². The predicted octanol–water partition coefficient (Wildman–Crippen LogP) is 8.46. The van der Waals surface area contributed by atoms with E-state index in [4.69, 9.17) is 0 Å². The predicted molar refractivity (Wildman–Crippen MR) is 147 cm³/mol. The minimum atomic E-state index is 0.840. The van der Waals surface area contributed by atoms with Gasteiger partial charge in [-0.25, -0.2) is 0 Å². The highest BCUT2D eigenvalue weighted by Crippen LogP contribution is 2.36. The number of nitrogens with zero attached hydrogens (tertiary/aromatic N) is 2. The molecule has 0 aliphatic carbocycles. The molecule has 0 saturated heterocycles. The Hall–Kier alpha value is -2.22. The molecule has 0 fully saturated rings. The van der Waals surface area contributed by atoms with Gasteiger partial charge in [-0.3, -0.25) is 0 Å². The van der Waals surface area contributed by atoms with E-state index in [0.717, 1.165) is 19.5 Å². The Bertz CT molecular complexity index is 1010. The summed E-state index contributed by atoms with van der Waals surface area (Å²) in [4.78, 5) is 0. The Kier molecular flexibility index (Phi) is 8.49. The summed E-state index contributed by atoms with van der Waals surface area (Å²) in [7, 11) is 0. The molecule has 0 N–H and O–H groups in total. The Labute approximate surface area is 204 Å². The van der Waals surface area contributed by atoms with E-state index in [1.807, 2.05) is 0 Å². The highest BCUT2D eigenvalue weighted by atomic mass is 15.2. The topological polar surface area (TPSA) is 6.02 Å². The second kappa shape index (κ2) is 10.4. The van der Waals surface area contributed by atoms with Crippen LogP contribution in [0.2, 0.25) is 0 Å². The summed E-state index contributed by atoms with van der Waals surface area (Å²) < 4.78 is 5.18. The van der Waals surface area contributed by atoms with Gasteiger partial charge in [-0.05, 0) is 103 Å². The maximum atomic E-state index is 2.59. The molecular formula is C31H48N2+2. The molecule has 0 aliphatic heterocycles. The van der Waals surface area contributed by atoms with Crippen molar-refractivity contribution in [2.45, 2.75) is 110 Å². The van der Waals surface area contributed by atoms with E-state index in [0.29, 0.717) is 0 Å². The van der Waals surface area contributed by atoms with E-state index in [1.165, 1.54) is 78.4 Å².